The average molecular weight is 371 g/mol. The largest absolute Gasteiger partial charge is 0.468 e. The molecule has 1 aliphatic rings. The van der Waals surface area contributed by atoms with Gasteiger partial charge >= 0.3 is 12.0 Å². The topological polar surface area (TPSA) is 80.6 Å². The maximum absolute atomic E-state index is 13.6. The van der Waals surface area contributed by atoms with Gasteiger partial charge < -0.3 is 14.6 Å². The molecule has 2 aromatic rings. The molecule has 1 saturated heterocycles. The number of methoxy groups -OCH3 is 1. The van der Waals surface area contributed by atoms with E-state index in [1.54, 1.807) is 12.1 Å². The van der Waals surface area contributed by atoms with Crippen LogP contribution in [-0.4, -0.2) is 41.0 Å². The van der Waals surface area contributed by atoms with Crippen LogP contribution in [0.1, 0.15) is 17.0 Å². The van der Waals surface area contributed by atoms with Gasteiger partial charge in [0, 0.05) is 17.1 Å². The van der Waals surface area contributed by atoms with Crippen molar-refractivity contribution in [2.24, 2.45) is 0 Å². The number of urea groups is 1. The first-order chi connectivity index (χ1) is 12.8. The van der Waals surface area contributed by atoms with Crippen LogP contribution >= 0.6 is 0 Å². The summed E-state index contributed by atoms with van der Waals surface area (Å²) in [6.45, 7) is 3.23. The van der Waals surface area contributed by atoms with Crippen LogP contribution in [0.4, 0.5) is 9.18 Å². The minimum Gasteiger partial charge on any atom is -0.468 e. The van der Waals surface area contributed by atoms with Crippen molar-refractivity contribution < 1.29 is 23.5 Å². The highest BCUT2D eigenvalue weighted by Gasteiger charge is 2.35. The summed E-state index contributed by atoms with van der Waals surface area (Å²) in [7, 11) is 1.18. The number of aryl methyl sites for hydroxylation is 1. The molecular formula is C19H18FN3O4. The van der Waals surface area contributed by atoms with Crippen molar-refractivity contribution in [1.82, 2.24) is 14.8 Å². The Labute approximate surface area is 155 Å². The van der Waals surface area contributed by atoms with Crippen LogP contribution in [0.5, 0.6) is 0 Å². The van der Waals surface area contributed by atoms with Crippen molar-refractivity contribution in [3.8, 4) is 5.69 Å². The second-order valence-corrected chi connectivity index (χ2v) is 6.10. The SMILES string of the molecule is COC(=O)CN1C(=O)N/C(=C/c2cc(C)n(-c3cccc(F)c3)c2C)C1=O. The van der Waals surface area contributed by atoms with E-state index in [0.29, 0.717) is 11.3 Å². The lowest BCUT2D eigenvalue weighted by Crippen LogP contribution is -2.36. The predicted octanol–water partition coefficient (Wildman–Crippen LogP) is 2.30. The smallest absolute Gasteiger partial charge is 0.329 e. The highest BCUT2D eigenvalue weighted by Crippen LogP contribution is 2.24. The first-order valence-corrected chi connectivity index (χ1v) is 8.18. The Bertz CT molecular complexity index is 977. The van der Waals surface area contributed by atoms with Crippen LogP contribution < -0.4 is 5.32 Å². The standard InChI is InChI=1S/C19H18FN3O4/c1-11-7-13(12(2)23(11)15-6-4-5-14(20)9-15)8-16-18(25)22(19(26)21-16)10-17(24)27-3/h4-9H,10H2,1-3H3,(H,21,26)/b16-8+. The number of aromatic nitrogens is 1. The number of rotatable bonds is 4. The molecule has 7 nitrogen and oxygen atoms in total. The van der Waals surface area contributed by atoms with Gasteiger partial charge in [-0.1, -0.05) is 6.07 Å². The highest BCUT2D eigenvalue weighted by molar-refractivity contribution is 6.15. The van der Waals surface area contributed by atoms with Gasteiger partial charge in [0.15, 0.2) is 0 Å². The van der Waals surface area contributed by atoms with Crippen molar-refractivity contribution in [2.75, 3.05) is 13.7 Å². The van der Waals surface area contributed by atoms with Gasteiger partial charge in [0.25, 0.3) is 5.91 Å². The summed E-state index contributed by atoms with van der Waals surface area (Å²) in [6, 6.07) is 7.32. The first-order valence-electron chi connectivity index (χ1n) is 8.18. The van der Waals surface area contributed by atoms with E-state index in [9.17, 15) is 18.8 Å². The van der Waals surface area contributed by atoms with Crippen LogP contribution in [0.3, 0.4) is 0 Å². The highest BCUT2D eigenvalue weighted by atomic mass is 19.1. The van der Waals surface area contributed by atoms with E-state index in [2.05, 4.69) is 10.1 Å². The molecule has 0 unspecified atom stereocenters. The molecule has 3 rings (SSSR count). The number of ether oxygens (including phenoxy) is 1. The van der Waals surface area contributed by atoms with Gasteiger partial charge in [-0.15, -0.1) is 0 Å². The lowest BCUT2D eigenvalue weighted by Gasteiger charge is -2.10. The Morgan fingerprint density at radius 3 is 2.67 bits per heavy atom. The summed E-state index contributed by atoms with van der Waals surface area (Å²) in [5.74, 6) is -1.65. The number of hydrogen-bond acceptors (Lipinski definition) is 4. The van der Waals surface area contributed by atoms with Crippen molar-refractivity contribution in [2.45, 2.75) is 13.8 Å². The maximum Gasteiger partial charge on any atom is 0.329 e. The van der Waals surface area contributed by atoms with Gasteiger partial charge in [0.2, 0.25) is 0 Å². The lowest BCUT2D eigenvalue weighted by atomic mass is 10.2. The molecule has 27 heavy (non-hydrogen) atoms. The minimum absolute atomic E-state index is 0.0587. The molecule has 1 aromatic heterocycles. The van der Waals surface area contributed by atoms with Gasteiger partial charge in [0.1, 0.15) is 18.1 Å². The normalized spacial score (nSPS) is 15.4. The number of hydrogen-bond donors (Lipinski definition) is 1. The van der Waals surface area contributed by atoms with Gasteiger partial charge in [-0.2, -0.15) is 0 Å². The summed E-state index contributed by atoms with van der Waals surface area (Å²) >= 11 is 0. The molecule has 0 saturated carbocycles. The molecule has 0 aliphatic carbocycles. The van der Waals surface area contributed by atoms with Gasteiger partial charge in [-0.25, -0.2) is 14.1 Å². The van der Waals surface area contributed by atoms with E-state index in [-0.39, 0.29) is 11.5 Å². The molecule has 0 radical (unpaired) electrons. The maximum atomic E-state index is 13.6. The van der Waals surface area contributed by atoms with Crippen molar-refractivity contribution >= 4 is 24.0 Å². The molecule has 1 N–H and O–H groups in total. The average Bonchev–Trinajstić information content (AvgIpc) is 3.05. The van der Waals surface area contributed by atoms with E-state index < -0.39 is 24.5 Å². The van der Waals surface area contributed by atoms with Crippen LogP contribution in [-0.2, 0) is 14.3 Å². The summed E-state index contributed by atoms with van der Waals surface area (Å²) in [5.41, 5.74) is 3.03. The van der Waals surface area contributed by atoms with Crippen molar-refractivity contribution in [3.05, 3.63) is 58.8 Å². The number of benzene rings is 1. The van der Waals surface area contributed by atoms with E-state index in [0.717, 1.165) is 16.3 Å². The second-order valence-electron chi connectivity index (χ2n) is 6.10. The monoisotopic (exact) mass is 371 g/mol. The molecule has 0 bridgehead atoms. The quantitative estimate of drug-likeness (QED) is 0.508. The van der Waals surface area contributed by atoms with Gasteiger partial charge in [-0.05, 0) is 49.8 Å². The fourth-order valence-electron chi connectivity index (χ4n) is 3.01. The number of halogens is 1. The van der Waals surface area contributed by atoms with Crippen LogP contribution in [0.15, 0.2) is 36.0 Å². The molecule has 0 atom stereocenters. The van der Waals surface area contributed by atoms with E-state index in [1.165, 1.54) is 25.3 Å². The molecule has 0 spiro atoms. The number of esters is 1. The Balaban J connectivity index is 1.94. The third-order valence-electron chi connectivity index (χ3n) is 4.31. The van der Waals surface area contributed by atoms with Gasteiger partial charge in [-0.3, -0.25) is 9.59 Å². The lowest BCUT2D eigenvalue weighted by molar-refractivity contribution is -0.143. The number of carbonyl (C=O) groups is 3. The Hall–Kier alpha value is -3.42. The van der Waals surface area contributed by atoms with E-state index in [4.69, 9.17) is 0 Å². The zero-order valence-electron chi connectivity index (χ0n) is 15.1. The molecule has 1 aliphatic heterocycles. The number of imide groups is 1. The van der Waals surface area contributed by atoms with Crippen LogP contribution in [0, 0.1) is 19.7 Å². The Morgan fingerprint density at radius 1 is 1.26 bits per heavy atom. The molecule has 1 aromatic carbocycles. The summed E-state index contributed by atoms with van der Waals surface area (Å²) in [6.07, 6.45) is 1.54. The summed E-state index contributed by atoms with van der Waals surface area (Å²) in [4.78, 5) is 36.5. The second kappa shape index (κ2) is 7.06. The summed E-state index contributed by atoms with van der Waals surface area (Å²) in [5, 5.41) is 2.46. The zero-order chi connectivity index (χ0) is 19.7. The Morgan fingerprint density at radius 2 is 2.00 bits per heavy atom. The number of nitrogens with zero attached hydrogens (tertiary/aromatic N) is 2. The van der Waals surface area contributed by atoms with Crippen molar-refractivity contribution in [1.29, 1.82) is 0 Å². The van der Waals surface area contributed by atoms with Gasteiger partial charge in [0.05, 0.1) is 7.11 Å². The number of amides is 3. The van der Waals surface area contributed by atoms with E-state index >= 15 is 0 Å². The minimum atomic E-state index is -0.691. The van der Waals surface area contributed by atoms with Crippen molar-refractivity contribution in [3.63, 3.8) is 0 Å². The first kappa shape index (κ1) is 18.4. The zero-order valence-corrected chi connectivity index (χ0v) is 15.1. The Kier molecular flexibility index (Phi) is 4.81. The van der Waals surface area contributed by atoms with E-state index in [1.807, 2.05) is 24.5 Å². The molecule has 8 heteroatoms. The molecule has 2 heterocycles. The summed E-state index contributed by atoms with van der Waals surface area (Å²) < 4.78 is 19.9. The fraction of sp³-hybridized carbons (Fsp3) is 0.211. The number of carbonyl (C=O) groups excluding carboxylic acids is 3. The third-order valence-corrected chi connectivity index (χ3v) is 4.31. The predicted molar refractivity (Wildman–Crippen MR) is 95.4 cm³/mol. The molecule has 1 fully saturated rings. The fourth-order valence-corrected chi connectivity index (χ4v) is 3.01. The third kappa shape index (κ3) is 3.46. The molecular weight excluding hydrogens is 353 g/mol. The molecule has 3 amide bonds. The molecule has 140 valence electrons. The van der Waals surface area contributed by atoms with Crippen LogP contribution in [0.25, 0.3) is 11.8 Å². The number of nitrogens with one attached hydrogen (secondary N) is 1. The van der Waals surface area contributed by atoms with Crippen LogP contribution in [0.2, 0.25) is 0 Å².